The Morgan fingerprint density at radius 2 is 2.00 bits per heavy atom. The first kappa shape index (κ1) is 17.6. The van der Waals surface area contributed by atoms with E-state index in [1.54, 1.807) is 6.07 Å². The fourth-order valence-electron chi connectivity index (χ4n) is 3.25. The molecule has 0 saturated carbocycles. The number of carbonyl (C=O) groups excluding carboxylic acids is 2. The molecule has 1 aromatic carbocycles. The molecule has 1 amide bonds. The van der Waals surface area contributed by atoms with Crippen molar-refractivity contribution in [3.8, 4) is 6.07 Å². The Labute approximate surface area is 146 Å². The third kappa shape index (κ3) is 3.17. The first-order valence-corrected chi connectivity index (χ1v) is 9.60. The summed E-state index contributed by atoms with van der Waals surface area (Å²) in [5.74, 6) is -0.661. The van der Waals surface area contributed by atoms with Crippen molar-refractivity contribution in [2.75, 3.05) is 19.6 Å². The molecule has 0 bridgehead atoms. The molecule has 25 heavy (non-hydrogen) atoms. The van der Waals surface area contributed by atoms with Gasteiger partial charge in [0.25, 0.3) is 5.91 Å². The largest absolute Gasteiger partial charge is 0.329 e. The lowest BCUT2D eigenvalue weighted by Gasteiger charge is -2.34. The molecule has 2 heterocycles. The molecule has 2 saturated heterocycles. The predicted molar refractivity (Wildman–Crippen MR) is 89.0 cm³/mol. The van der Waals surface area contributed by atoms with Crippen LogP contribution in [0.5, 0.6) is 0 Å². The van der Waals surface area contributed by atoms with Gasteiger partial charge in [0.05, 0.1) is 22.9 Å². The van der Waals surface area contributed by atoms with Crippen molar-refractivity contribution >= 4 is 21.7 Å². The molecule has 0 unspecified atom stereocenters. The third-order valence-corrected chi connectivity index (χ3v) is 6.56. The number of likely N-dealkylation sites (tertiary alicyclic amines) is 1. The lowest BCUT2D eigenvalue weighted by Crippen LogP contribution is -2.49. The van der Waals surface area contributed by atoms with Crippen molar-refractivity contribution in [2.24, 2.45) is 5.92 Å². The van der Waals surface area contributed by atoms with Crippen LogP contribution < -0.4 is 0 Å². The highest BCUT2D eigenvalue weighted by atomic mass is 32.2. The number of benzene rings is 1. The molecule has 8 heteroatoms. The molecule has 0 N–H and O–H groups in total. The number of nitriles is 1. The highest BCUT2D eigenvalue weighted by Gasteiger charge is 2.37. The molecule has 2 aliphatic rings. The summed E-state index contributed by atoms with van der Waals surface area (Å²) in [6.07, 6.45) is 1.40. The van der Waals surface area contributed by atoms with E-state index in [9.17, 15) is 18.0 Å². The number of amides is 1. The first-order valence-electron chi connectivity index (χ1n) is 8.16. The summed E-state index contributed by atoms with van der Waals surface area (Å²) >= 11 is 0. The van der Waals surface area contributed by atoms with E-state index in [0.717, 1.165) is 6.42 Å². The summed E-state index contributed by atoms with van der Waals surface area (Å²) in [5.41, 5.74) is 0.256. The van der Waals surface area contributed by atoms with Crippen molar-refractivity contribution in [1.82, 2.24) is 9.21 Å². The summed E-state index contributed by atoms with van der Waals surface area (Å²) in [4.78, 5) is 26.0. The van der Waals surface area contributed by atoms with Crippen molar-refractivity contribution in [3.63, 3.8) is 0 Å². The third-order valence-electron chi connectivity index (χ3n) is 4.73. The second-order valence-corrected chi connectivity index (χ2v) is 8.38. The molecular weight excluding hydrogens is 342 g/mol. The molecule has 7 nitrogen and oxygen atoms in total. The zero-order valence-electron chi connectivity index (χ0n) is 13.9. The number of nitrogens with zero attached hydrogens (tertiary/aromatic N) is 3. The molecule has 132 valence electrons. The van der Waals surface area contributed by atoms with Crippen molar-refractivity contribution < 1.29 is 18.0 Å². The lowest BCUT2D eigenvalue weighted by atomic mass is 10.1. The van der Waals surface area contributed by atoms with Gasteiger partial charge in [-0.3, -0.25) is 9.59 Å². The first-order chi connectivity index (χ1) is 11.8. The molecule has 1 aromatic rings. The minimum atomic E-state index is -3.71. The molecule has 2 fully saturated rings. The van der Waals surface area contributed by atoms with Gasteiger partial charge in [-0.25, -0.2) is 8.42 Å². The standard InChI is InChI=1S/C17H19N3O4S/c1-12(21)16-6-3-7-20(16)17(22)14-4-2-5-15(8-14)25(23,24)19-10-13(9-18)11-19/h2,4-5,8,13,16H,3,6-7,10-11H2,1H3/t16-/m1/s1. The Hall–Kier alpha value is -2.24. The molecule has 2 aliphatic heterocycles. The molecule has 0 aromatic heterocycles. The van der Waals surface area contributed by atoms with E-state index >= 15 is 0 Å². The van der Waals surface area contributed by atoms with E-state index in [4.69, 9.17) is 5.26 Å². The number of carbonyl (C=O) groups is 2. The van der Waals surface area contributed by atoms with E-state index in [0.29, 0.717) is 13.0 Å². The summed E-state index contributed by atoms with van der Waals surface area (Å²) in [6, 6.07) is 7.49. The highest BCUT2D eigenvalue weighted by molar-refractivity contribution is 7.89. The van der Waals surface area contributed by atoms with Crippen molar-refractivity contribution in [3.05, 3.63) is 29.8 Å². The Bertz CT molecular complexity index is 853. The Morgan fingerprint density at radius 1 is 1.28 bits per heavy atom. The Morgan fingerprint density at radius 3 is 2.64 bits per heavy atom. The highest BCUT2D eigenvalue weighted by Crippen LogP contribution is 2.26. The van der Waals surface area contributed by atoms with Gasteiger partial charge in [-0.1, -0.05) is 6.07 Å². The van der Waals surface area contributed by atoms with E-state index in [1.165, 1.54) is 34.3 Å². The fourth-order valence-corrected chi connectivity index (χ4v) is 4.83. The van der Waals surface area contributed by atoms with Crippen molar-refractivity contribution in [1.29, 1.82) is 5.26 Å². The normalized spacial score (nSPS) is 21.6. The van der Waals surface area contributed by atoms with Crippen LogP contribution in [-0.4, -0.2) is 55.0 Å². The minimum absolute atomic E-state index is 0.0355. The number of rotatable bonds is 4. The zero-order chi connectivity index (χ0) is 18.2. The maximum Gasteiger partial charge on any atom is 0.254 e. The summed E-state index contributed by atoms with van der Waals surface area (Å²) in [7, 11) is -3.71. The van der Waals surface area contributed by atoms with Crippen LogP contribution in [0.25, 0.3) is 0 Å². The topological polar surface area (TPSA) is 98.6 Å². The summed E-state index contributed by atoms with van der Waals surface area (Å²) in [6.45, 7) is 2.31. The lowest BCUT2D eigenvalue weighted by molar-refractivity contribution is -0.120. The monoisotopic (exact) mass is 361 g/mol. The van der Waals surface area contributed by atoms with Crippen LogP contribution in [0.4, 0.5) is 0 Å². The maximum atomic E-state index is 12.7. The number of hydrogen-bond acceptors (Lipinski definition) is 5. The van der Waals surface area contributed by atoms with Gasteiger partial charge in [-0.15, -0.1) is 0 Å². The van der Waals surface area contributed by atoms with Crippen molar-refractivity contribution in [2.45, 2.75) is 30.7 Å². The van der Waals surface area contributed by atoms with Crippen LogP contribution in [0, 0.1) is 17.2 Å². The van der Waals surface area contributed by atoms with Gasteiger partial charge >= 0.3 is 0 Å². The molecule has 3 rings (SSSR count). The maximum absolute atomic E-state index is 12.7. The average molecular weight is 361 g/mol. The van der Waals surface area contributed by atoms with Gasteiger partial charge in [-0.2, -0.15) is 9.57 Å². The van der Waals surface area contributed by atoms with Gasteiger partial charge in [0.15, 0.2) is 5.78 Å². The molecule has 0 aliphatic carbocycles. The van der Waals surface area contributed by atoms with Gasteiger partial charge in [0.2, 0.25) is 10.0 Å². The van der Waals surface area contributed by atoms with Gasteiger partial charge in [-0.05, 0) is 38.0 Å². The molecule has 0 spiro atoms. The molecule has 0 radical (unpaired) electrons. The predicted octanol–water partition coefficient (Wildman–Crippen LogP) is 1.02. The van der Waals surface area contributed by atoms with Gasteiger partial charge in [0, 0.05) is 25.2 Å². The molecule has 1 atom stereocenters. The number of Topliss-reactive ketones (excluding diaryl/α,β-unsaturated/α-hetero) is 1. The van der Waals surface area contributed by atoms with Gasteiger partial charge in [0.1, 0.15) is 0 Å². The molecular formula is C17H19N3O4S. The average Bonchev–Trinajstić information content (AvgIpc) is 3.03. The minimum Gasteiger partial charge on any atom is -0.329 e. The van der Waals surface area contributed by atoms with E-state index < -0.39 is 16.1 Å². The summed E-state index contributed by atoms with van der Waals surface area (Å²) in [5, 5.41) is 8.80. The van der Waals surface area contributed by atoms with Crippen LogP contribution in [0.15, 0.2) is 29.2 Å². The summed E-state index contributed by atoms with van der Waals surface area (Å²) < 4.78 is 26.4. The van der Waals surface area contributed by atoms with Crippen LogP contribution in [-0.2, 0) is 14.8 Å². The zero-order valence-corrected chi connectivity index (χ0v) is 14.7. The Kier molecular flexibility index (Phi) is 4.62. The number of hydrogen-bond donors (Lipinski definition) is 0. The van der Waals surface area contributed by atoms with E-state index in [-0.39, 0.29) is 41.2 Å². The van der Waals surface area contributed by atoms with Crippen LogP contribution in [0.3, 0.4) is 0 Å². The van der Waals surface area contributed by atoms with Gasteiger partial charge < -0.3 is 4.90 Å². The Balaban J connectivity index is 1.83. The smallest absolute Gasteiger partial charge is 0.254 e. The fraction of sp³-hybridized carbons (Fsp3) is 0.471. The van der Waals surface area contributed by atoms with Crippen LogP contribution in [0.1, 0.15) is 30.1 Å². The SMILES string of the molecule is CC(=O)[C@H]1CCCN1C(=O)c1cccc(S(=O)(=O)N2CC(C#N)C2)c1. The quantitative estimate of drug-likeness (QED) is 0.797. The second kappa shape index (κ2) is 6.58. The number of sulfonamides is 1. The van der Waals surface area contributed by atoms with E-state index in [2.05, 4.69) is 0 Å². The van der Waals surface area contributed by atoms with Crippen LogP contribution in [0.2, 0.25) is 0 Å². The number of ketones is 1. The van der Waals surface area contributed by atoms with E-state index in [1.807, 2.05) is 6.07 Å². The second-order valence-electron chi connectivity index (χ2n) is 6.44. The van der Waals surface area contributed by atoms with Crippen LogP contribution >= 0.6 is 0 Å².